The summed E-state index contributed by atoms with van der Waals surface area (Å²) in [6.07, 6.45) is -4.27. The van der Waals surface area contributed by atoms with E-state index in [4.69, 9.17) is 5.73 Å². The Labute approximate surface area is 110 Å². The minimum atomic E-state index is -4.38. The van der Waals surface area contributed by atoms with Crippen LogP contribution < -0.4 is 11.1 Å². The summed E-state index contributed by atoms with van der Waals surface area (Å²) >= 11 is 0. The van der Waals surface area contributed by atoms with Crippen LogP contribution in [0.3, 0.4) is 0 Å². The molecule has 0 unspecified atom stereocenters. The summed E-state index contributed by atoms with van der Waals surface area (Å²) < 4.78 is 38.1. The third-order valence-corrected chi connectivity index (χ3v) is 2.59. The number of nitrogens with one attached hydrogen (secondary N) is 1. The third kappa shape index (κ3) is 4.55. The molecule has 0 aromatic heterocycles. The molecule has 0 aliphatic heterocycles. The van der Waals surface area contributed by atoms with Gasteiger partial charge < -0.3 is 11.1 Å². The fraction of sp³-hybridized carbons (Fsp3) is 0.462. The summed E-state index contributed by atoms with van der Waals surface area (Å²) in [5, 5.41) is 2.52. The highest BCUT2D eigenvalue weighted by Gasteiger charge is 2.32. The molecule has 0 heterocycles. The van der Waals surface area contributed by atoms with Gasteiger partial charge in [0, 0.05) is 6.54 Å². The number of benzene rings is 1. The molecule has 6 heteroatoms. The highest BCUT2D eigenvalue weighted by atomic mass is 19.4. The Morgan fingerprint density at radius 1 is 1.26 bits per heavy atom. The molecule has 0 bridgehead atoms. The van der Waals surface area contributed by atoms with Gasteiger partial charge in [0.2, 0.25) is 5.91 Å². The maximum absolute atomic E-state index is 12.7. The molecule has 0 saturated carbocycles. The molecule has 0 saturated heterocycles. The first-order valence-electron chi connectivity index (χ1n) is 5.84. The minimum Gasteiger partial charge on any atom is -0.354 e. The number of carbonyl (C=O) groups excluding carboxylic acids is 1. The Bertz CT molecular complexity index is 450. The van der Waals surface area contributed by atoms with Crippen LogP contribution in [-0.2, 0) is 17.4 Å². The second-order valence-corrected chi connectivity index (χ2v) is 4.88. The normalized spacial score (nSPS) is 12.3. The molecule has 1 aromatic carbocycles. The van der Waals surface area contributed by atoms with Crippen LogP contribution in [0.1, 0.15) is 25.0 Å². The van der Waals surface area contributed by atoms with Crippen molar-refractivity contribution in [2.24, 2.45) is 5.73 Å². The van der Waals surface area contributed by atoms with Gasteiger partial charge in [0.05, 0.1) is 11.1 Å². The van der Waals surface area contributed by atoms with E-state index in [-0.39, 0.29) is 18.5 Å². The van der Waals surface area contributed by atoms with Gasteiger partial charge in [-0.25, -0.2) is 0 Å². The van der Waals surface area contributed by atoms with Crippen molar-refractivity contribution in [1.29, 1.82) is 0 Å². The Morgan fingerprint density at radius 2 is 1.84 bits per heavy atom. The first kappa shape index (κ1) is 15.5. The van der Waals surface area contributed by atoms with Crippen molar-refractivity contribution < 1.29 is 18.0 Å². The molecule has 0 fully saturated rings. The zero-order chi connectivity index (χ0) is 14.7. The van der Waals surface area contributed by atoms with Crippen LogP contribution in [0, 0.1) is 0 Å². The van der Waals surface area contributed by atoms with Gasteiger partial charge in [-0.1, -0.05) is 18.2 Å². The maximum Gasteiger partial charge on any atom is 0.416 e. The Hall–Kier alpha value is -1.56. The van der Waals surface area contributed by atoms with Crippen LogP contribution >= 0.6 is 0 Å². The van der Waals surface area contributed by atoms with E-state index >= 15 is 0 Å². The zero-order valence-electron chi connectivity index (χ0n) is 10.8. The Kier molecular flexibility index (Phi) is 4.57. The van der Waals surface area contributed by atoms with Crippen LogP contribution in [0.5, 0.6) is 0 Å². The average molecular weight is 274 g/mol. The van der Waals surface area contributed by atoms with Gasteiger partial charge in [0.15, 0.2) is 0 Å². The number of alkyl halides is 3. The van der Waals surface area contributed by atoms with E-state index in [1.54, 1.807) is 6.07 Å². The smallest absolute Gasteiger partial charge is 0.354 e. The monoisotopic (exact) mass is 274 g/mol. The minimum absolute atomic E-state index is 0.109. The topological polar surface area (TPSA) is 55.1 Å². The average Bonchev–Trinajstić information content (AvgIpc) is 2.27. The number of halogens is 3. The molecule has 0 aliphatic rings. The van der Waals surface area contributed by atoms with E-state index in [2.05, 4.69) is 5.32 Å². The number of amides is 1. The van der Waals surface area contributed by atoms with E-state index in [9.17, 15) is 18.0 Å². The maximum atomic E-state index is 12.7. The van der Waals surface area contributed by atoms with Crippen molar-refractivity contribution in [2.45, 2.75) is 32.0 Å². The van der Waals surface area contributed by atoms with Crippen molar-refractivity contribution in [3.63, 3.8) is 0 Å². The molecule has 3 nitrogen and oxygen atoms in total. The summed E-state index contributed by atoms with van der Waals surface area (Å²) in [6, 6.07) is 5.32. The standard InChI is InChI=1S/C13H17F3N2O/c1-12(2,17)11(19)18-8-7-9-5-3-4-6-10(9)13(14,15)16/h3-6H,7-8,17H2,1-2H3,(H,18,19). The lowest BCUT2D eigenvalue weighted by Gasteiger charge is -2.18. The SMILES string of the molecule is CC(C)(N)C(=O)NCCc1ccccc1C(F)(F)F. The van der Waals surface area contributed by atoms with Crippen LogP contribution in [-0.4, -0.2) is 18.0 Å². The van der Waals surface area contributed by atoms with E-state index in [0.717, 1.165) is 6.07 Å². The molecular formula is C13H17F3N2O. The van der Waals surface area contributed by atoms with Crippen molar-refractivity contribution in [3.8, 4) is 0 Å². The molecule has 1 rings (SSSR count). The largest absolute Gasteiger partial charge is 0.416 e. The summed E-state index contributed by atoms with van der Waals surface area (Å²) in [7, 11) is 0. The molecule has 1 aromatic rings. The lowest BCUT2D eigenvalue weighted by atomic mass is 10.0. The first-order chi connectivity index (χ1) is 8.62. The van der Waals surface area contributed by atoms with Crippen molar-refractivity contribution in [3.05, 3.63) is 35.4 Å². The first-order valence-corrected chi connectivity index (χ1v) is 5.84. The number of rotatable bonds is 4. The fourth-order valence-corrected chi connectivity index (χ4v) is 1.55. The molecule has 0 aliphatic carbocycles. The lowest BCUT2D eigenvalue weighted by Crippen LogP contribution is -2.49. The molecule has 0 spiro atoms. The predicted octanol–water partition coefficient (Wildman–Crippen LogP) is 2.10. The molecule has 1 amide bonds. The van der Waals surface area contributed by atoms with E-state index in [1.165, 1.54) is 26.0 Å². The second kappa shape index (κ2) is 5.61. The predicted molar refractivity (Wildman–Crippen MR) is 66.4 cm³/mol. The van der Waals surface area contributed by atoms with Gasteiger partial charge >= 0.3 is 6.18 Å². The highest BCUT2D eigenvalue weighted by Crippen LogP contribution is 2.31. The number of nitrogens with two attached hydrogens (primary N) is 1. The van der Waals surface area contributed by atoms with Gasteiger partial charge in [0.1, 0.15) is 0 Å². The van der Waals surface area contributed by atoms with Crippen molar-refractivity contribution in [1.82, 2.24) is 5.32 Å². The number of hydrogen-bond donors (Lipinski definition) is 2. The third-order valence-electron chi connectivity index (χ3n) is 2.59. The van der Waals surface area contributed by atoms with Crippen LogP contribution in [0.4, 0.5) is 13.2 Å². The van der Waals surface area contributed by atoms with Crippen LogP contribution in [0.25, 0.3) is 0 Å². The van der Waals surface area contributed by atoms with E-state index in [0.29, 0.717) is 0 Å². The number of hydrogen-bond acceptors (Lipinski definition) is 2. The lowest BCUT2D eigenvalue weighted by molar-refractivity contribution is -0.138. The molecule has 19 heavy (non-hydrogen) atoms. The number of carbonyl (C=O) groups is 1. The summed E-state index contributed by atoms with van der Waals surface area (Å²) in [5.41, 5.74) is 4.01. The second-order valence-electron chi connectivity index (χ2n) is 4.88. The summed E-state index contributed by atoms with van der Waals surface area (Å²) in [5.74, 6) is -0.392. The zero-order valence-corrected chi connectivity index (χ0v) is 10.8. The molecule has 0 atom stereocenters. The Morgan fingerprint density at radius 3 is 2.37 bits per heavy atom. The van der Waals surface area contributed by atoms with Gasteiger partial charge in [-0.2, -0.15) is 13.2 Å². The van der Waals surface area contributed by atoms with E-state index in [1.807, 2.05) is 0 Å². The summed E-state index contributed by atoms with van der Waals surface area (Å²) in [4.78, 5) is 11.5. The molecule has 0 radical (unpaired) electrons. The quantitative estimate of drug-likeness (QED) is 0.883. The molecule has 3 N–H and O–H groups in total. The van der Waals surface area contributed by atoms with Crippen LogP contribution in [0.2, 0.25) is 0 Å². The van der Waals surface area contributed by atoms with Gasteiger partial charge in [-0.3, -0.25) is 4.79 Å². The van der Waals surface area contributed by atoms with Gasteiger partial charge in [0.25, 0.3) is 0 Å². The van der Waals surface area contributed by atoms with Gasteiger partial charge in [-0.05, 0) is 31.9 Å². The Balaban J connectivity index is 2.67. The highest BCUT2D eigenvalue weighted by molar-refractivity contribution is 5.84. The van der Waals surface area contributed by atoms with Crippen molar-refractivity contribution in [2.75, 3.05) is 6.54 Å². The van der Waals surface area contributed by atoms with Crippen LogP contribution in [0.15, 0.2) is 24.3 Å². The molecular weight excluding hydrogens is 257 g/mol. The van der Waals surface area contributed by atoms with E-state index < -0.39 is 23.2 Å². The van der Waals surface area contributed by atoms with Gasteiger partial charge in [-0.15, -0.1) is 0 Å². The van der Waals surface area contributed by atoms with Crippen molar-refractivity contribution >= 4 is 5.91 Å². The fourth-order valence-electron chi connectivity index (χ4n) is 1.55. The molecule has 106 valence electrons. The summed E-state index contributed by atoms with van der Waals surface area (Å²) in [6.45, 7) is 3.19.